The Bertz CT molecular complexity index is 299. The summed E-state index contributed by atoms with van der Waals surface area (Å²) in [4.78, 5) is 0. The topological polar surface area (TPSA) is 69.6 Å². The van der Waals surface area contributed by atoms with Crippen LogP contribution in [0.25, 0.3) is 0 Å². The predicted molar refractivity (Wildman–Crippen MR) is 47.8 cm³/mol. The number of tetrazole rings is 1. The Hall–Kier alpha value is -0.970. The van der Waals surface area contributed by atoms with Crippen molar-refractivity contribution >= 4 is 0 Å². The highest BCUT2D eigenvalue weighted by atomic mass is 15.6. The van der Waals surface area contributed by atoms with Gasteiger partial charge in [0.1, 0.15) is 0 Å². The maximum Gasteiger partial charge on any atom is 0.165 e. The average Bonchev–Trinajstić information content (AvgIpc) is 2.84. The van der Waals surface area contributed by atoms with Crippen molar-refractivity contribution in [1.29, 1.82) is 0 Å². The summed E-state index contributed by atoms with van der Waals surface area (Å²) in [5, 5.41) is 11.5. The summed E-state index contributed by atoms with van der Waals surface area (Å²) in [6, 6.07) is 0. The molecule has 5 heteroatoms. The number of nitrogens with two attached hydrogens (primary N) is 1. The van der Waals surface area contributed by atoms with Gasteiger partial charge in [0.2, 0.25) is 0 Å². The largest absolute Gasteiger partial charge is 0.324 e. The summed E-state index contributed by atoms with van der Waals surface area (Å²) in [6.45, 7) is 4.74. The van der Waals surface area contributed by atoms with E-state index in [0.717, 1.165) is 5.82 Å². The third-order valence-corrected chi connectivity index (χ3v) is 2.84. The first kappa shape index (κ1) is 8.62. The van der Waals surface area contributed by atoms with E-state index in [1.54, 1.807) is 0 Å². The van der Waals surface area contributed by atoms with E-state index in [9.17, 15) is 0 Å². The van der Waals surface area contributed by atoms with Crippen molar-refractivity contribution < 1.29 is 0 Å². The van der Waals surface area contributed by atoms with Crippen LogP contribution in [0.5, 0.6) is 0 Å². The summed E-state index contributed by atoms with van der Waals surface area (Å²) >= 11 is 0. The molecule has 0 radical (unpaired) electrons. The molecule has 1 aromatic rings. The minimum atomic E-state index is 0.0260. The van der Waals surface area contributed by atoms with Gasteiger partial charge in [-0.3, -0.25) is 0 Å². The molecular formula is C8H15N5. The summed E-state index contributed by atoms with van der Waals surface area (Å²) in [7, 11) is 0. The zero-order valence-electron chi connectivity index (χ0n) is 8.06. The summed E-state index contributed by atoms with van der Waals surface area (Å²) in [5.74, 6) is 1.48. The molecule has 1 saturated carbocycles. The van der Waals surface area contributed by atoms with Crippen molar-refractivity contribution in [2.24, 2.45) is 11.7 Å². The fourth-order valence-corrected chi connectivity index (χ4v) is 1.74. The minimum Gasteiger partial charge on any atom is -0.324 e. The standard InChI is InChI=1S/C8H15N5/c1-8(2,6-3-4-6)13-7(5-9)10-11-12-13/h6H,3-5,9H2,1-2H3. The van der Waals surface area contributed by atoms with Crippen LogP contribution in [0, 0.1) is 5.92 Å². The van der Waals surface area contributed by atoms with Crippen molar-refractivity contribution in [2.45, 2.75) is 38.8 Å². The van der Waals surface area contributed by atoms with Gasteiger partial charge in [0, 0.05) is 0 Å². The van der Waals surface area contributed by atoms with Crippen molar-refractivity contribution in [2.75, 3.05) is 0 Å². The van der Waals surface area contributed by atoms with E-state index in [-0.39, 0.29) is 5.54 Å². The van der Waals surface area contributed by atoms with Crippen LogP contribution >= 0.6 is 0 Å². The van der Waals surface area contributed by atoms with Gasteiger partial charge in [0.25, 0.3) is 0 Å². The highest BCUT2D eigenvalue weighted by Crippen LogP contribution is 2.43. The molecule has 0 unspecified atom stereocenters. The molecule has 0 spiro atoms. The highest BCUT2D eigenvalue weighted by Gasteiger charge is 2.41. The maximum atomic E-state index is 5.55. The predicted octanol–water partition coefficient (Wildman–Crippen LogP) is 0.277. The van der Waals surface area contributed by atoms with Crippen molar-refractivity contribution in [1.82, 2.24) is 20.2 Å². The second-order valence-corrected chi connectivity index (χ2v) is 4.14. The summed E-state index contributed by atoms with van der Waals surface area (Å²) < 4.78 is 1.87. The molecule has 1 aliphatic rings. The van der Waals surface area contributed by atoms with Gasteiger partial charge in [-0.2, -0.15) is 0 Å². The lowest BCUT2D eigenvalue weighted by Crippen LogP contribution is -2.32. The third kappa shape index (κ3) is 1.33. The Kier molecular flexibility index (Phi) is 1.83. The fourth-order valence-electron chi connectivity index (χ4n) is 1.74. The highest BCUT2D eigenvalue weighted by molar-refractivity contribution is 4.96. The Morgan fingerprint density at radius 1 is 1.54 bits per heavy atom. The van der Waals surface area contributed by atoms with Crippen LogP contribution in [0.2, 0.25) is 0 Å². The van der Waals surface area contributed by atoms with Gasteiger partial charge in [0.05, 0.1) is 12.1 Å². The van der Waals surface area contributed by atoms with E-state index in [1.807, 2.05) is 4.68 Å². The molecule has 0 atom stereocenters. The van der Waals surface area contributed by atoms with Gasteiger partial charge in [-0.05, 0) is 43.0 Å². The molecule has 72 valence electrons. The fraction of sp³-hybridized carbons (Fsp3) is 0.875. The summed E-state index contributed by atoms with van der Waals surface area (Å²) in [5.41, 5.74) is 5.57. The molecule has 2 N–H and O–H groups in total. The Morgan fingerprint density at radius 3 is 2.77 bits per heavy atom. The lowest BCUT2D eigenvalue weighted by molar-refractivity contribution is 0.260. The molecule has 1 aliphatic carbocycles. The number of rotatable bonds is 3. The number of nitrogens with zero attached hydrogens (tertiary/aromatic N) is 4. The van der Waals surface area contributed by atoms with Gasteiger partial charge < -0.3 is 5.73 Å². The molecule has 0 aliphatic heterocycles. The number of aromatic nitrogens is 4. The monoisotopic (exact) mass is 181 g/mol. The SMILES string of the molecule is CC(C)(C1CC1)n1nnnc1CN. The van der Waals surface area contributed by atoms with Crippen LogP contribution in [0.15, 0.2) is 0 Å². The molecule has 1 fully saturated rings. The molecule has 0 saturated heterocycles. The smallest absolute Gasteiger partial charge is 0.165 e. The van der Waals surface area contributed by atoms with Crippen molar-refractivity contribution in [3.05, 3.63) is 5.82 Å². The number of hydrogen-bond donors (Lipinski definition) is 1. The molecule has 0 aromatic carbocycles. The van der Waals surface area contributed by atoms with Gasteiger partial charge in [-0.1, -0.05) is 0 Å². The van der Waals surface area contributed by atoms with E-state index >= 15 is 0 Å². The Balaban J connectivity index is 2.32. The summed E-state index contributed by atoms with van der Waals surface area (Å²) in [6.07, 6.45) is 2.55. The van der Waals surface area contributed by atoms with Crippen LogP contribution in [0.1, 0.15) is 32.5 Å². The van der Waals surface area contributed by atoms with Crippen LogP contribution in [0.4, 0.5) is 0 Å². The second-order valence-electron chi connectivity index (χ2n) is 4.14. The maximum absolute atomic E-state index is 5.55. The van der Waals surface area contributed by atoms with E-state index in [2.05, 4.69) is 29.4 Å². The normalized spacial score (nSPS) is 17.8. The van der Waals surface area contributed by atoms with Crippen molar-refractivity contribution in [3.8, 4) is 0 Å². The zero-order valence-corrected chi connectivity index (χ0v) is 8.06. The first-order valence-corrected chi connectivity index (χ1v) is 4.64. The first-order chi connectivity index (χ1) is 6.16. The van der Waals surface area contributed by atoms with Gasteiger partial charge >= 0.3 is 0 Å². The van der Waals surface area contributed by atoms with Crippen LogP contribution < -0.4 is 5.73 Å². The molecule has 0 bridgehead atoms. The van der Waals surface area contributed by atoms with Gasteiger partial charge in [-0.15, -0.1) is 5.10 Å². The van der Waals surface area contributed by atoms with Gasteiger partial charge in [0.15, 0.2) is 5.82 Å². The second kappa shape index (κ2) is 2.77. The molecule has 13 heavy (non-hydrogen) atoms. The Labute approximate surface area is 77.3 Å². The van der Waals surface area contributed by atoms with Crippen LogP contribution in [-0.4, -0.2) is 20.2 Å². The zero-order chi connectivity index (χ0) is 9.47. The van der Waals surface area contributed by atoms with E-state index in [4.69, 9.17) is 5.73 Å². The molecule has 0 amide bonds. The molecular weight excluding hydrogens is 166 g/mol. The third-order valence-electron chi connectivity index (χ3n) is 2.84. The van der Waals surface area contributed by atoms with Crippen molar-refractivity contribution in [3.63, 3.8) is 0 Å². The van der Waals surface area contributed by atoms with E-state index < -0.39 is 0 Å². The Morgan fingerprint density at radius 2 is 2.23 bits per heavy atom. The quantitative estimate of drug-likeness (QED) is 0.727. The lowest BCUT2D eigenvalue weighted by Gasteiger charge is -2.25. The van der Waals surface area contributed by atoms with Crippen LogP contribution in [0.3, 0.4) is 0 Å². The first-order valence-electron chi connectivity index (χ1n) is 4.64. The van der Waals surface area contributed by atoms with E-state index in [1.165, 1.54) is 12.8 Å². The lowest BCUT2D eigenvalue weighted by atomic mass is 9.99. The van der Waals surface area contributed by atoms with E-state index in [0.29, 0.717) is 12.5 Å². The molecule has 2 rings (SSSR count). The average molecular weight is 181 g/mol. The minimum absolute atomic E-state index is 0.0260. The molecule has 1 heterocycles. The van der Waals surface area contributed by atoms with Crippen LogP contribution in [-0.2, 0) is 12.1 Å². The molecule has 5 nitrogen and oxygen atoms in total. The molecule has 1 aromatic heterocycles. The van der Waals surface area contributed by atoms with Gasteiger partial charge in [-0.25, -0.2) is 4.68 Å². The number of hydrogen-bond acceptors (Lipinski definition) is 4.